The minimum Gasteiger partial charge on any atom is -0.310 e. The van der Waals surface area contributed by atoms with Crippen molar-refractivity contribution < 1.29 is 0 Å². The Balaban J connectivity index is 1.55. The number of allylic oxidation sites excluding steroid dienone is 1. The van der Waals surface area contributed by atoms with Crippen LogP contribution in [0.2, 0.25) is 0 Å². The van der Waals surface area contributed by atoms with E-state index in [4.69, 9.17) is 0 Å². The number of rotatable bonds is 5. The molecule has 0 spiro atoms. The summed E-state index contributed by atoms with van der Waals surface area (Å²) >= 11 is 0. The van der Waals surface area contributed by atoms with Gasteiger partial charge in [0.1, 0.15) is 0 Å². The molecule has 1 unspecified atom stereocenters. The topological polar surface area (TPSA) is 12.0 Å². The maximum Gasteiger partial charge on any atom is 0.0292 e. The van der Waals surface area contributed by atoms with Crippen LogP contribution in [0.1, 0.15) is 68.2 Å². The third-order valence-corrected chi connectivity index (χ3v) is 4.90. The van der Waals surface area contributed by atoms with Crippen molar-refractivity contribution in [2.75, 3.05) is 6.54 Å². The standard InChI is InChI=1S/C19H27N/c1-15(20-13-12-16-6-2-3-7-16)18-11-10-17-8-4-5-9-19(17)14-18/h6,10-11,14-15,20H,2-5,7-9,12-13H2,1H3. The molecule has 2 aliphatic rings. The molecule has 0 amide bonds. The van der Waals surface area contributed by atoms with Gasteiger partial charge in [0.15, 0.2) is 0 Å². The smallest absolute Gasteiger partial charge is 0.0292 e. The number of hydrogen-bond acceptors (Lipinski definition) is 1. The first-order valence-corrected chi connectivity index (χ1v) is 8.36. The lowest BCUT2D eigenvalue weighted by molar-refractivity contribution is 0.571. The Labute approximate surface area is 123 Å². The Morgan fingerprint density at radius 2 is 1.90 bits per heavy atom. The quantitative estimate of drug-likeness (QED) is 0.763. The Morgan fingerprint density at radius 1 is 1.05 bits per heavy atom. The van der Waals surface area contributed by atoms with Crippen LogP contribution < -0.4 is 5.32 Å². The molecule has 0 aromatic heterocycles. The summed E-state index contributed by atoms with van der Waals surface area (Å²) in [6.45, 7) is 3.41. The summed E-state index contributed by atoms with van der Waals surface area (Å²) in [5.74, 6) is 0. The Hall–Kier alpha value is -1.08. The average molecular weight is 269 g/mol. The highest BCUT2D eigenvalue weighted by Crippen LogP contribution is 2.25. The molecule has 0 aliphatic heterocycles. The van der Waals surface area contributed by atoms with Crippen LogP contribution in [0.3, 0.4) is 0 Å². The highest BCUT2D eigenvalue weighted by molar-refractivity contribution is 5.35. The van der Waals surface area contributed by atoms with E-state index in [1.165, 1.54) is 56.9 Å². The molecule has 0 radical (unpaired) electrons. The molecule has 1 nitrogen and oxygen atoms in total. The van der Waals surface area contributed by atoms with E-state index >= 15 is 0 Å². The fourth-order valence-electron chi connectivity index (χ4n) is 3.55. The summed E-state index contributed by atoms with van der Waals surface area (Å²) < 4.78 is 0. The molecular weight excluding hydrogens is 242 g/mol. The van der Waals surface area contributed by atoms with Crippen LogP contribution in [0, 0.1) is 0 Å². The molecule has 1 heteroatoms. The Morgan fingerprint density at radius 3 is 2.70 bits per heavy atom. The summed E-state index contributed by atoms with van der Waals surface area (Å²) in [6, 6.07) is 7.61. The van der Waals surface area contributed by atoms with E-state index in [0.717, 1.165) is 6.54 Å². The molecule has 20 heavy (non-hydrogen) atoms. The molecular formula is C19H27N. The van der Waals surface area contributed by atoms with Crippen LogP contribution >= 0.6 is 0 Å². The highest BCUT2D eigenvalue weighted by atomic mass is 14.9. The minimum absolute atomic E-state index is 0.476. The van der Waals surface area contributed by atoms with Crippen LogP contribution in [0.5, 0.6) is 0 Å². The normalized spacial score (nSPS) is 19.6. The minimum atomic E-state index is 0.476. The van der Waals surface area contributed by atoms with Crippen molar-refractivity contribution in [3.8, 4) is 0 Å². The van der Waals surface area contributed by atoms with Crippen molar-refractivity contribution in [3.63, 3.8) is 0 Å². The molecule has 3 rings (SSSR count). The zero-order chi connectivity index (χ0) is 13.8. The van der Waals surface area contributed by atoms with E-state index in [1.54, 1.807) is 16.7 Å². The monoisotopic (exact) mass is 269 g/mol. The van der Waals surface area contributed by atoms with Gasteiger partial charge in [0.25, 0.3) is 0 Å². The van der Waals surface area contributed by atoms with Gasteiger partial charge in [-0.15, -0.1) is 0 Å². The van der Waals surface area contributed by atoms with Gasteiger partial charge >= 0.3 is 0 Å². The van der Waals surface area contributed by atoms with Gasteiger partial charge in [-0.1, -0.05) is 29.8 Å². The summed E-state index contributed by atoms with van der Waals surface area (Å²) in [7, 11) is 0. The summed E-state index contributed by atoms with van der Waals surface area (Å²) in [6.07, 6.45) is 13.0. The zero-order valence-corrected chi connectivity index (χ0v) is 12.8. The lowest BCUT2D eigenvalue weighted by Gasteiger charge is -2.20. The van der Waals surface area contributed by atoms with Crippen molar-refractivity contribution in [2.45, 2.75) is 64.3 Å². The summed E-state index contributed by atoms with van der Waals surface area (Å²) in [5, 5.41) is 3.69. The highest BCUT2D eigenvalue weighted by Gasteiger charge is 2.12. The van der Waals surface area contributed by atoms with E-state index in [1.807, 2.05) is 0 Å². The molecule has 0 heterocycles. The Bertz CT molecular complexity index is 487. The zero-order valence-electron chi connectivity index (χ0n) is 12.8. The first-order valence-electron chi connectivity index (χ1n) is 8.36. The molecule has 0 saturated carbocycles. The van der Waals surface area contributed by atoms with E-state index in [2.05, 4.69) is 36.5 Å². The molecule has 1 atom stereocenters. The van der Waals surface area contributed by atoms with Crippen LogP contribution in [0.15, 0.2) is 29.8 Å². The van der Waals surface area contributed by atoms with Crippen LogP contribution in [-0.4, -0.2) is 6.54 Å². The van der Waals surface area contributed by atoms with E-state index in [0.29, 0.717) is 6.04 Å². The molecule has 0 bridgehead atoms. The van der Waals surface area contributed by atoms with Crippen molar-refractivity contribution >= 4 is 0 Å². The second kappa shape index (κ2) is 6.58. The van der Waals surface area contributed by atoms with Crippen molar-refractivity contribution in [3.05, 3.63) is 46.5 Å². The predicted molar refractivity (Wildman–Crippen MR) is 86.1 cm³/mol. The lowest BCUT2D eigenvalue weighted by Crippen LogP contribution is -2.20. The molecule has 1 N–H and O–H groups in total. The second-order valence-corrected chi connectivity index (χ2v) is 6.42. The van der Waals surface area contributed by atoms with Crippen molar-refractivity contribution in [2.24, 2.45) is 0 Å². The van der Waals surface area contributed by atoms with Crippen molar-refractivity contribution in [1.82, 2.24) is 5.32 Å². The van der Waals surface area contributed by atoms with Crippen molar-refractivity contribution in [1.29, 1.82) is 0 Å². The van der Waals surface area contributed by atoms with Gasteiger partial charge in [0, 0.05) is 6.04 Å². The van der Waals surface area contributed by atoms with E-state index in [-0.39, 0.29) is 0 Å². The summed E-state index contributed by atoms with van der Waals surface area (Å²) in [4.78, 5) is 0. The molecule has 2 aliphatic carbocycles. The largest absolute Gasteiger partial charge is 0.310 e. The molecule has 1 aromatic carbocycles. The van der Waals surface area contributed by atoms with Gasteiger partial charge in [-0.25, -0.2) is 0 Å². The molecule has 0 fully saturated rings. The number of hydrogen-bond donors (Lipinski definition) is 1. The first kappa shape index (κ1) is 13.9. The first-order chi connectivity index (χ1) is 9.83. The SMILES string of the molecule is CC(NCCC1=CCCC1)c1ccc2c(c1)CCCC2. The number of nitrogens with one attached hydrogen (secondary N) is 1. The maximum absolute atomic E-state index is 3.69. The molecule has 108 valence electrons. The second-order valence-electron chi connectivity index (χ2n) is 6.42. The fraction of sp³-hybridized carbons (Fsp3) is 0.579. The maximum atomic E-state index is 3.69. The molecule has 0 saturated heterocycles. The van der Waals surface area contributed by atoms with E-state index < -0.39 is 0 Å². The van der Waals surface area contributed by atoms with Gasteiger partial charge in [-0.05, 0) is 81.5 Å². The van der Waals surface area contributed by atoms with Crippen LogP contribution in [0.4, 0.5) is 0 Å². The van der Waals surface area contributed by atoms with E-state index in [9.17, 15) is 0 Å². The number of benzene rings is 1. The fourth-order valence-corrected chi connectivity index (χ4v) is 3.55. The summed E-state index contributed by atoms with van der Waals surface area (Å²) in [5.41, 5.74) is 6.31. The third-order valence-electron chi connectivity index (χ3n) is 4.90. The van der Waals surface area contributed by atoms with Gasteiger partial charge in [-0.2, -0.15) is 0 Å². The van der Waals surface area contributed by atoms with Crippen LogP contribution in [0.25, 0.3) is 0 Å². The number of fused-ring (bicyclic) bond motifs is 1. The number of aryl methyl sites for hydroxylation is 2. The average Bonchev–Trinajstić information content (AvgIpc) is 3.00. The van der Waals surface area contributed by atoms with Gasteiger partial charge < -0.3 is 5.32 Å². The van der Waals surface area contributed by atoms with Gasteiger partial charge in [-0.3, -0.25) is 0 Å². The van der Waals surface area contributed by atoms with Gasteiger partial charge in [0.2, 0.25) is 0 Å². The lowest BCUT2D eigenvalue weighted by atomic mass is 9.89. The molecule has 1 aromatic rings. The Kier molecular flexibility index (Phi) is 4.57. The van der Waals surface area contributed by atoms with Crippen LogP contribution in [-0.2, 0) is 12.8 Å². The van der Waals surface area contributed by atoms with Gasteiger partial charge in [0.05, 0.1) is 0 Å². The third kappa shape index (κ3) is 3.32. The predicted octanol–water partition coefficient (Wildman–Crippen LogP) is 4.72.